The Labute approximate surface area is 182 Å². The zero-order valence-electron chi connectivity index (χ0n) is 18.0. The first-order valence-corrected chi connectivity index (χ1v) is 13.3. The van der Waals surface area contributed by atoms with Gasteiger partial charge in [-0.3, -0.25) is 0 Å². The third-order valence-corrected chi connectivity index (χ3v) is 7.69. The normalized spacial score (nSPS) is 12.3. The average Bonchev–Trinajstić information content (AvgIpc) is 2.53. The lowest BCUT2D eigenvalue weighted by Crippen LogP contribution is -3.61. The maximum Gasteiger partial charge on any atom is 0.357 e. The molecule has 0 heterocycles. The Morgan fingerprint density at radius 3 is 1.25 bits per heavy atom. The van der Waals surface area contributed by atoms with Gasteiger partial charge in [0, 0.05) is 5.75 Å². The highest BCUT2D eigenvalue weighted by molar-refractivity contribution is 7.85. The Morgan fingerprint density at radius 1 is 0.750 bits per heavy atom. The number of hydrogen-bond acceptors (Lipinski definition) is 3. The van der Waals surface area contributed by atoms with Gasteiger partial charge < -0.3 is 4.55 Å². The second kappa shape index (κ2) is 10.2. The molecule has 28 heavy (non-hydrogen) atoms. The minimum Gasteiger partial charge on any atom is -0.748 e. The number of rotatable bonds is 4. The minimum atomic E-state index is -3.92. The molecule has 0 unspecified atom stereocenters. The van der Waals surface area contributed by atoms with E-state index in [4.69, 9.17) is 0 Å². The summed E-state index contributed by atoms with van der Waals surface area (Å²) in [5.41, 5.74) is 3.31. The molecule has 0 aliphatic rings. The van der Waals surface area contributed by atoms with Crippen molar-refractivity contribution < 1.29 is 34.2 Å². The van der Waals surface area contributed by atoms with Crippen LogP contribution in [0.25, 0.3) is 0 Å². The van der Waals surface area contributed by atoms with Gasteiger partial charge in [-0.2, -0.15) is 0 Å². The highest BCUT2D eigenvalue weighted by atomic mass is 127. The lowest BCUT2D eigenvalue weighted by molar-refractivity contribution is -0.597. The van der Waals surface area contributed by atoms with E-state index in [1.807, 2.05) is 0 Å². The van der Waals surface area contributed by atoms with Gasteiger partial charge in [0.25, 0.3) is 0 Å². The van der Waals surface area contributed by atoms with Crippen LogP contribution in [0.3, 0.4) is 0 Å². The summed E-state index contributed by atoms with van der Waals surface area (Å²) in [6.45, 7) is 15.2. The van der Waals surface area contributed by atoms with Crippen molar-refractivity contribution in [1.29, 1.82) is 0 Å². The van der Waals surface area contributed by atoms with E-state index in [0.29, 0.717) is 6.42 Å². The molecule has 0 aliphatic heterocycles. The summed E-state index contributed by atoms with van der Waals surface area (Å²) in [5, 5.41) is 0. The third kappa shape index (κ3) is 9.52. The fraction of sp³-hybridized carbons (Fsp3) is 0.478. The first kappa shape index (κ1) is 25.1. The lowest BCUT2D eigenvalue weighted by Gasteiger charge is -2.18. The van der Waals surface area contributed by atoms with E-state index < -0.39 is 10.1 Å². The van der Waals surface area contributed by atoms with E-state index in [1.54, 1.807) is 6.92 Å². The molecule has 2 aromatic rings. The molecule has 3 nitrogen and oxygen atoms in total. The summed E-state index contributed by atoms with van der Waals surface area (Å²) in [6.07, 6.45) is 0.409. The summed E-state index contributed by atoms with van der Waals surface area (Å²) >= 11 is -0.0703. The van der Waals surface area contributed by atoms with Crippen LogP contribution in [0.5, 0.6) is 0 Å². The molecule has 0 aromatic heterocycles. The van der Waals surface area contributed by atoms with Crippen LogP contribution in [0.4, 0.5) is 0 Å². The Hall–Kier alpha value is -0.920. The zero-order valence-corrected chi connectivity index (χ0v) is 21.0. The maximum atomic E-state index is 9.68. The van der Waals surface area contributed by atoms with Gasteiger partial charge in [0.1, 0.15) is 0 Å². The topological polar surface area (TPSA) is 57.2 Å². The molecule has 0 saturated heterocycles. The van der Waals surface area contributed by atoms with Crippen LogP contribution in [0.1, 0.15) is 66.0 Å². The van der Waals surface area contributed by atoms with Gasteiger partial charge in [-0.15, -0.1) is 0 Å². The number of hydrogen-bond donors (Lipinski definition) is 0. The SMILES string of the molecule is CC(C)(C)c1ccc([I+]c2ccc(C(C)(C)C)cc2)cc1.CCCS(=O)(=O)[O-]. The van der Waals surface area contributed by atoms with Gasteiger partial charge in [0.15, 0.2) is 7.14 Å². The van der Waals surface area contributed by atoms with Gasteiger partial charge in [0.2, 0.25) is 0 Å². The van der Waals surface area contributed by atoms with E-state index in [-0.39, 0.29) is 37.8 Å². The van der Waals surface area contributed by atoms with Gasteiger partial charge >= 0.3 is 21.2 Å². The first-order valence-electron chi connectivity index (χ1n) is 9.52. The number of benzene rings is 2. The largest absolute Gasteiger partial charge is 0.748 e. The van der Waals surface area contributed by atoms with Crippen molar-refractivity contribution in [3.8, 4) is 0 Å². The highest BCUT2D eigenvalue weighted by Crippen LogP contribution is 2.21. The molecule has 0 bridgehead atoms. The van der Waals surface area contributed by atoms with Crippen LogP contribution in [0, 0.1) is 7.14 Å². The summed E-state index contributed by atoms with van der Waals surface area (Å²) in [4.78, 5) is 0. The van der Waals surface area contributed by atoms with E-state index in [1.165, 1.54) is 18.3 Å². The Bertz CT molecular complexity index is 770. The van der Waals surface area contributed by atoms with E-state index in [9.17, 15) is 13.0 Å². The Morgan fingerprint density at radius 2 is 1.07 bits per heavy atom. The molecule has 0 atom stereocenters. The molecule has 0 radical (unpaired) electrons. The Balaban J connectivity index is 0.000000480. The van der Waals surface area contributed by atoms with Crippen molar-refractivity contribution in [3.05, 3.63) is 66.8 Å². The molecule has 156 valence electrons. The minimum absolute atomic E-state index is 0.0703. The first-order chi connectivity index (χ1) is 12.7. The molecule has 2 aromatic carbocycles. The van der Waals surface area contributed by atoms with Crippen molar-refractivity contribution >= 4 is 10.1 Å². The second-order valence-corrected chi connectivity index (χ2v) is 13.4. The molecule has 5 heteroatoms. The van der Waals surface area contributed by atoms with Gasteiger partial charge in [-0.25, -0.2) is 8.42 Å². The van der Waals surface area contributed by atoms with Crippen molar-refractivity contribution in [1.82, 2.24) is 0 Å². The molecule has 0 saturated carbocycles. The predicted molar refractivity (Wildman–Crippen MR) is 113 cm³/mol. The lowest BCUT2D eigenvalue weighted by atomic mass is 9.87. The molecule has 0 aliphatic carbocycles. The molecule has 0 spiro atoms. The van der Waals surface area contributed by atoms with E-state index >= 15 is 0 Å². The van der Waals surface area contributed by atoms with Crippen molar-refractivity contribution in [3.63, 3.8) is 0 Å². The zero-order chi connectivity index (χ0) is 21.6. The fourth-order valence-corrected chi connectivity index (χ4v) is 5.06. The summed E-state index contributed by atoms with van der Waals surface area (Å²) in [5.74, 6) is -0.243. The van der Waals surface area contributed by atoms with Crippen molar-refractivity contribution in [2.75, 3.05) is 5.75 Å². The Kier molecular flexibility index (Phi) is 9.16. The third-order valence-electron chi connectivity index (χ3n) is 4.09. The average molecular weight is 516 g/mol. The van der Waals surface area contributed by atoms with Gasteiger partial charge in [-0.1, -0.05) is 72.7 Å². The molecule has 0 amide bonds. The number of halogens is 1. The highest BCUT2D eigenvalue weighted by Gasteiger charge is 2.20. The predicted octanol–water partition coefficient (Wildman–Crippen LogP) is 2.35. The van der Waals surface area contributed by atoms with E-state index in [2.05, 4.69) is 90.1 Å². The van der Waals surface area contributed by atoms with Gasteiger partial charge in [-0.05, 0) is 52.6 Å². The van der Waals surface area contributed by atoms with Crippen LogP contribution in [-0.2, 0) is 20.9 Å². The van der Waals surface area contributed by atoms with Gasteiger partial charge in [0.05, 0.1) is 10.1 Å². The van der Waals surface area contributed by atoms with Crippen LogP contribution < -0.4 is 21.2 Å². The summed E-state index contributed by atoms with van der Waals surface area (Å²) in [7, 11) is -3.92. The molecule has 0 N–H and O–H groups in total. The monoisotopic (exact) mass is 516 g/mol. The molecule has 0 fully saturated rings. The van der Waals surface area contributed by atoms with Crippen molar-refractivity contribution in [2.45, 2.75) is 65.7 Å². The smallest absolute Gasteiger partial charge is 0.357 e. The van der Waals surface area contributed by atoms with Crippen LogP contribution in [0.2, 0.25) is 0 Å². The maximum absolute atomic E-state index is 9.68. The quantitative estimate of drug-likeness (QED) is 0.463. The van der Waals surface area contributed by atoms with Crippen LogP contribution in [-0.4, -0.2) is 18.7 Å². The second-order valence-electron chi connectivity index (χ2n) is 8.87. The molecular formula is C23H33IO3S. The molecule has 2 rings (SSSR count). The summed E-state index contributed by atoms with van der Waals surface area (Å²) in [6, 6.07) is 18.4. The van der Waals surface area contributed by atoms with Crippen LogP contribution >= 0.6 is 0 Å². The van der Waals surface area contributed by atoms with Crippen LogP contribution in [0.15, 0.2) is 48.5 Å². The summed E-state index contributed by atoms with van der Waals surface area (Å²) < 4.78 is 32.0. The van der Waals surface area contributed by atoms with E-state index in [0.717, 1.165) is 0 Å². The molecular weight excluding hydrogens is 483 g/mol. The standard InChI is InChI=1S/C20H26I.C3H8O3S/c1-19(2,3)15-7-11-17(12-8-15)21-18-13-9-16(10-14-18)20(4,5)6;1-2-3-7(4,5)6/h7-14H,1-6H3;2-3H2,1H3,(H,4,5,6)/q+1;/p-1. The fourth-order valence-electron chi connectivity index (χ4n) is 2.40. The van der Waals surface area contributed by atoms with Crippen molar-refractivity contribution in [2.24, 2.45) is 0 Å².